The Balaban J connectivity index is 1.50. The highest BCUT2D eigenvalue weighted by Gasteiger charge is 2.48. The molecule has 1 spiro atoms. The number of alkyl carbamates (subject to hydrolysis) is 1. The molecule has 0 bridgehead atoms. The number of pyridine rings is 1. The molecule has 1 aromatic heterocycles. The summed E-state index contributed by atoms with van der Waals surface area (Å²) in [6.07, 6.45) is 5.80. The molecule has 2 heterocycles. The molecule has 0 radical (unpaired) electrons. The Morgan fingerprint density at radius 1 is 1.46 bits per heavy atom. The first-order chi connectivity index (χ1) is 13.2. The summed E-state index contributed by atoms with van der Waals surface area (Å²) in [5.41, 5.74) is 7.29. The van der Waals surface area contributed by atoms with Gasteiger partial charge in [-0.2, -0.15) is 0 Å². The molecule has 8 nitrogen and oxygen atoms in total. The van der Waals surface area contributed by atoms with E-state index >= 15 is 0 Å². The first-order valence-corrected chi connectivity index (χ1v) is 9.80. The zero-order valence-electron chi connectivity index (χ0n) is 16.8. The van der Waals surface area contributed by atoms with E-state index in [1.165, 1.54) is 0 Å². The molecule has 2 unspecified atom stereocenters. The van der Waals surface area contributed by atoms with E-state index in [0.29, 0.717) is 31.2 Å². The van der Waals surface area contributed by atoms with Gasteiger partial charge in [-0.05, 0) is 69.9 Å². The molecule has 1 saturated carbocycles. The van der Waals surface area contributed by atoms with Crippen LogP contribution in [0.5, 0.6) is 0 Å². The second-order valence-electron chi connectivity index (χ2n) is 8.97. The SMILES string of the molecule is CC(C)(C)OC(=O)NCCC1CCC2(CC(=O)N(c3ccc(N=N)nc3)C2)C1. The van der Waals surface area contributed by atoms with Crippen molar-refractivity contribution in [3.8, 4) is 0 Å². The quantitative estimate of drug-likeness (QED) is 0.739. The molecular weight excluding hydrogens is 358 g/mol. The van der Waals surface area contributed by atoms with Crippen LogP contribution in [0.15, 0.2) is 23.4 Å². The molecule has 1 aliphatic heterocycles. The number of aromatic nitrogens is 1. The zero-order chi connectivity index (χ0) is 20.4. The van der Waals surface area contributed by atoms with E-state index < -0.39 is 5.60 Å². The highest BCUT2D eigenvalue weighted by Crippen LogP contribution is 2.50. The lowest BCUT2D eigenvalue weighted by atomic mass is 9.84. The third-order valence-corrected chi connectivity index (χ3v) is 5.50. The van der Waals surface area contributed by atoms with E-state index in [2.05, 4.69) is 15.4 Å². The number of amides is 2. The molecule has 2 atom stereocenters. The number of anilines is 1. The van der Waals surface area contributed by atoms with Gasteiger partial charge in [0.1, 0.15) is 5.60 Å². The maximum atomic E-state index is 12.6. The molecule has 1 saturated heterocycles. The summed E-state index contributed by atoms with van der Waals surface area (Å²) in [7, 11) is 0. The van der Waals surface area contributed by atoms with Crippen LogP contribution < -0.4 is 10.2 Å². The predicted molar refractivity (Wildman–Crippen MR) is 105 cm³/mol. The van der Waals surface area contributed by atoms with Gasteiger partial charge in [0.25, 0.3) is 0 Å². The van der Waals surface area contributed by atoms with Gasteiger partial charge in [0, 0.05) is 19.5 Å². The Kier molecular flexibility index (Phi) is 5.67. The Labute approximate surface area is 165 Å². The van der Waals surface area contributed by atoms with Gasteiger partial charge in [-0.1, -0.05) is 0 Å². The van der Waals surface area contributed by atoms with E-state index in [9.17, 15) is 9.59 Å². The van der Waals surface area contributed by atoms with Crippen LogP contribution in [0, 0.1) is 16.9 Å². The normalized spacial score (nSPS) is 24.6. The summed E-state index contributed by atoms with van der Waals surface area (Å²) < 4.78 is 5.26. The van der Waals surface area contributed by atoms with Gasteiger partial charge in [0.05, 0.1) is 11.9 Å². The fourth-order valence-electron chi connectivity index (χ4n) is 4.30. The number of nitrogens with zero attached hydrogens (tertiary/aromatic N) is 3. The number of carbonyl (C=O) groups is 2. The molecule has 2 aliphatic rings. The van der Waals surface area contributed by atoms with Crippen molar-refractivity contribution in [3.05, 3.63) is 18.3 Å². The average molecular weight is 387 g/mol. The first-order valence-electron chi connectivity index (χ1n) is 9.80. The van der Waals surface area contributed by atoms with Crippen LogP contribution in [0.3, 0.4) is 0 Å². The monoisotopic (exact) mass is 387 g/mol. The van der Waals surface area contributed by atoms with Gasteiger partial charge in [0.2, 0.25) is 5.91 Å². The number of carbonyl (C=O) groups excluding carboxylic acids is 2. The lowest BCUT2D eigenvalue weighted by molar-refractivity contribution is -0.117. The molecule has 152 valence electrons. The molecule has 1 aromatic rings. The maximum Gasteiger partial charge on any atom is 0.407 e. The summed E-state index contributed by atoms with van der Waals surface area (Å²) in [5, 5.41) is 6.12. The van der Waals surface area contributed by atoms with Crippen molar-refractivity contribution in [1.29, 1.82) is 5.53 Å². The van der Waals surface area contributed by atoms with Crippen LogP contribution in [-0.2, 0) is 9.53 Å². The van der Waals surface area contributed by atoms with Crippen molar-refractivity contribution in [2.24, 2.45) is 16.4 Å². The topological polar surface area (TPSA) is 108 Å². The Morgan fingerprint density at radius 2 is 2.25 bits per heavy atom. The standard InChI is InChI=1S/C20H29N5O3/c1-19(2,3)28-18(27)22-9-7-14-6-8-20(10-14)11-17(26)25(13-20)15-4-5-16(24-21)23-12-15/h4-5,12,14,21H,6-11,13H2,1-3H3,(H,22,27). The summed E-state index contributed by atoms with van der Waals surface area (Å²) >= 11 is 0. The minimum atomic E-state index is -0.489. The minimum Gasteiger partial charge on any atom is -0.444 e. The van der Waals surface area contributed by atoms with Crippen molar-refractivity contribution in [1.82, 2.24) is 10.3 Å². The van der Waals surface area contributed by atoms with Crippen molar-refractivity contribution in [2.75, 3.05) is 18.0 Å². The lowest BCUT2D eigenvalue weighted by Gasteiger charge is -2.24. The van der Waals surface area contributed by atoms with E-state index in [1.54, 1.807) is 18.3 Å². The number of nitrogens with one attached hydrogen (secondary N) is 2. The summed E-state index contributed by atoms with van der Waals surface area (Å²) in [6, 6.07) is 3.45. The fourth-order valence-corrected chi connectivity index (χ4v) is 4.30. The molecule has 0 aromatic carbocycles. The van der Waals surface area contributed by atoms with Gasteiger partial charge in [-0.15, -0.1) is 5.11 Å². The fraction of sp³-hybridized carbons (Fsp3) is 0.650. The summed E-state index contributed by atoms with van der Waals surface area (Å²) in [6.45, 7) is 6.85. The average Bonchev–Trinajstić information content (AvgIpc) is 3.16. The lowest BCUT2D eigenvalue weighted by Crippen LogP contribution is -2.33. The molecule has 2 fully saturated rings. The molecule has 8 heteroatoms. The third-order valence-electron chi connectivity index (χ3n) is 5.50. The van der Waals surface area contributed by atoms with Crippen LogP contribution in [0.25, 0.3) is 0 Å². The zero-order valence-corrected chi connectivity index (χ0v) is 16.8. The number of hydrogen-bond donors (Lipinski definition) is 2. The van der Waals surface area contributed by atoms with Gasteiger partial charge >= 0.3 is 6.09 Å². The largest absolute Gasteiger partial charge is 0.444 e. The van der Waals surface area contributed by atoms with Crippen molar-refractivity contribution in [2.45, 2.75) is 58.5 Å². The summed E-state index contributed by atoms with van der Waals surface area (Å²) in [5.74, 6) is 0.971. The van der Waals surface area contributed by atoms with E-state index in [-0.39, 0.29) is 17.4 Å². The van der Waals surface area contributed by atoms with Crippen LogP contribution in [-0.4, -0.2) is 35.7 Å². The highest BCUT2D eigenvalue weighted by molar-refractivity contribution is 5.96. The Morgan fingerprint density at radius 3 is 2.89 bits per heavy atom. The number of ether oxygens (including phenoxy) is 1. The molecule has 2 N–H and O–H groups in total. The number of hydrogen-bond acceptors (Lipinski definition) is 6. The molecule has 3 rings (SSSR count). The van der Waals surface area contributed by atoms with Crippen LogP contribution in [0.2, 0.25) is 0 Å². The van der Waals surface area contributed by atoms with Crippen molar-refractivity contribution in [3.63, 3.8) is 0 Å². The van der Waals surface area contributed by atoms with Crippen molar-refractivity contribution < 1.29 is 14.3 Å². The van der Waals surface area contributed by atoms with Crippen LogP contribution in [0.1, 0.15) is 52.9 Å². The minimum absolute atomic E-state index is 0.0200. The van der Waals surface area contributed by atoms with Gasteiger partial charge < -0.3 is 15.0 Å². The molecule has 1 aliphatic carbocycles. The van der Waals surface area contributed by atoms with E-state index in [1.807, 2.05) is 25.7 Å². The van der Waals surface area contributed by atoms with E-state index in [4.69, 9.17) is 10.3 Å². The smallest absolute Gasteiger partial charge is 0.407 e. The Bertz CT molecular complexity index is 743. The molecule has 28 heavy (non-hydrogen) atoms. The second kappa shape index (κ2) is 7.85. The van der Waals surface area contributed by atoms with E-state index in [0.717, 1.165) is 31.4 Å². The van der Waals surface area contributed by atoms with Gasteiger partial charge in [-0.3, -0.25) is 4.79 Å². The third kappa shape index (κ3) is 4.85. The molecular formula is C20H29N5O3. The predicted octanol–water partition coefficient (Wildman–Crippen LogP) is 4.18. The van der Waals surface area contributed by atoms with Crippen LogP contribution >= 0.6 is 0 Å². The van der Waals surface area contributed by atoms with Gasteiger partial charge in [0.15, 0.2) is 5.82 Å². The highest BCUT2D eigenvalue weighted by atomic mass is 16.6. The maximum absolute atomic E-state index is 12.6. The first kappa shape index (κ1) is 20.2. The molecule has 2 amide bonds. The number of rotatable bonds is 5. The van der Waals surface area contributed by atoms with Crippen LogP contribution in [0.4, 0.5) is 16.3 Å². The van der Waals surface area contributed by atoms with Gasteiger partial charge in [-0.25, -0.2) is 15.3 Å². The van der Waals surface area contributed by atoms with Crippen molar-refractivity contribution >= 4 is 23.5 Å². The second-order valence-corrected chi connectivity index (χ2v) is 8.97. The summed E-state index contributed by atoms with van der Waals surface area (Å²) in [4.78, 5) is 30.3. The Hall–Kier alpha value is -2.51.